The second-order valence-electron chi connectivity index (χ2n) is 30.1. The average molecular weight is 1470 g/mol. The summed E-state index contributed by atoms with van der Waals surface area (Å²) in [6.07, 6.45) is 62.7. The van der Waals surface area contributed by atoms with Gasteiger partial charge in [-0.15, -0.1) is 0 Å². The van der Waals surface area contributed by atoms with Crippen LogP contribution in [-0.4, -0.2) is 96.7 Å². The molecule has 17 nitrogen and oxygen atoms in total. The fourth-order valence-electron chi connectivity index (χ4n) is 12.5. The molecule has 0 aromatic rings. The van der Waals surface area contributed by atoms with Gasteiger partial charge in [0.2, 0.25) is 0 Å². The maximum absolute atomic E-state index is 13.1. The summed E-state index contributed by atoms with van der Waals surface area (Å²) >= 11 is 0. The molecule has 100 heavy (non-hydrogen) atoms. The summed E-state index contributed by atoms with van der Waals surface area (Å²) < 4.78 is 68.5. The summed E-state index contributed by atoms with van der Waals surface area (Å²) in [5, 5.41) is 10.6. The number of hydrogen-bond donors (Lipinski definition) is 3. The van der Waals surface area contributed by atoms with E-state index in [1.165, 1.54) is 231 Å². The molecule has 19 heteroatoms. The van der Waals surface area contributed by atoms with Gasteiger partial charge >= 0.3 is 39.5 Å². The molecule has 594 valence electrons. The maximum atomic E-state index is 13.1. The van der Waals surface area contributed by atoms with Crippen molar-refractivity contribution in [2.24, 2.45) is 11.8 Å². The van der Waals surface area contributed by atoms with Crippen LogP contribution in [0, 0.1) is 11.8 Å². The van der Waals surface area contributed by atoms with Crippen molar-refractivity contribution in [2.75, 3.05) is 39.6 Å². The second-order valence-corrected chi connectivity index (χ2v) is 33.0. The van der Waals surface area contributed by atoms with E-state index in [0.717, 1.165) is 115 Å². The number of ether oxygens (including phenoxy) is 4. The third kappa shape index (κ3) is 74.3. The van der Waals surface area contributed by atoms with Gasteiger partial charge in [-0.05, 0) is 37.5 Å². The van der Waals surface area contributed by atoms with Gasteiger partial charge in [0, 0.05) is 25.7 Å². The molecular formula is C81H158O17P2. The van der Waals surface area contributed by atoms with Crippen LogP contribution in [0.25, 0.3) is 0 Å². The van der Waals surface area contributed by atoms with E-state index in [-0.39, 0.29) is 25.7 Å². The van der Waals surface area contributed by atoms with Crippen molar-refractivity contribution in [1.82, 2.24) is 0 Å². The first kappa shape index (κ1) is 98.1. The molecule has 0 spiro atoms. The van der Waals surface area contributed by atoms with Crippen LogP contribution in [0.5, 0.6) is 0 Å². The van der Waals surface area contributed by atoms with Gasteiger partial charge in [0.15, 0.2) is 12.2 Å². The Morgan fingerprint density at radius 3 is 0.680 bits per heavy atom. The Hall–Kier alpha value is -1.94. The quantitative estimate of drug-likeness (QED) is 0.0222. The predicted molar refractivity (Wildman–Crippen MR) is 409 cm³/mol. The van der Waals surface area contributed by atoms with Gasteiger partial charge in [0.1, 0.15) is 19.3 Å². The SMILES string of the molecule is CCCCCCCCCCCCCC(=O)O[C@H](COC(=O)CCCCCCCCC)COP(=O)(O)OC[C@H](O)COP(=O)(O)OC[C@@H](COC(=O)CCCCCCCCCCCCCCCCCCCCC(C)C)OC(=O)CCCCCCCCCCCCCCCCCCCCC(C)C. The molecule has 2 unspecified atom stereocenters. The van der Waals surface area contributed by atoms with E-state index >= 15 is 0 Å². The zero-order valence-electron chi connectivity index (χ0n) is 65.5. The lowest BCUT2D eigenvalue weighted by molar-refractivity contribution is -0.161. The van der Waals surface area contributed by atoms with Crippen molar-refractivity contribution < 1.29 is 80.2 Å². The van der Waals surface area contributed by atoms with E-state index in [0.29, 0.717) is 25.7 Å². The highest BCUT2D eigenvalue weighted by atomic mass is 31.2. The smallest absolute Gasteiger partial charge is 0.462 e. The Morgan fingerprint density at radius 1 is 0.270 bits per heavy atom. The molecule has 0 aromatic heterocycles. The van der Waals surface area contributed by atoms with Gasteiger partial charge in [-0.2, -0.15) is 0 Å². The standard InChI is InChI=1S/C81H158O17P2/c1-7-9-11-13-15-16-33-41-47-53-59-65-80(85)97-76(69-91-78(83)63-57-51-43-14-12-10-8-2)71-95-99(87,88)93-67-75(82)68-94-100(89,90)96-72-77(98-81(86)66-60-54-48-42-37-32-28-24-20-18-22-26-30-35-39-45-50-56-62-74(5)6)70-92-79(84)64-58-52-46-40-36-31-27-23-19-17-21-25-29-34-38-44-49-55-61-73(3)4/h73-77,82H,7-72H2,1-6H3,(H,87,88)(H,89,90)/t75-,76+,77+/m0/s1. The first-order valence-corrected chi connectivity index (χ1v) is 45.0. The van der Waals surface area contributed by atoms with Gasteiger partial charge in [0.25, 0.3) is 0 Å². The van der Waals surface area contributed by atoms with Crippen LogP contribution in [0.1, 0.15) is 427 Å². The fraction of sp³-hybridized carbons (Fsp3) is 0.951. The summed E-state index contributed by atoms with van der Waals surface area (Å²) in [6, 6.07) is 0. The molecule has 0 bridgehead atoms. The lowest BCUT2D eigenvalue weighted by atomic mass is 10.0. The maximum Gasteiger partial charge on any atom is 0.472 e. The first-order chi connectivity index (χ1) is 48.4. The van der Waals surface area contributed by atoms with Crippen molar-refractivity contribution in [1.29, 1.82) is 0 Å². The molecule has 5 atom stereocenters. The number of hydrogen-bond acceptors (Lipinski definition) is 15. The molecule has 0 saturated heterocycles. The Balaban J connectivity index is 5.14. The minimum atomic E-state index is -4.96. The largest absolute Gasteiger partial charge is 0.472 e. The van der Waals surface area contributed by atoms with E-state index in [1.54, 1.807) is 0 Å². The number of aliphatic hydroxyl groups excluding tert-OH is 1. The molecule has 3 N–H and O–H groups in total. The van der Waals surface area contributed by atoms with Crippen LogP contribution in [0.3, 0.4) is 0 Å². The van der Waals surface area contributed by atoms with Crippen LogP contribution < -0.4 is 0 Å². The van der Waals surface area contributed by atoms with Crippen molar-refractivity contribution in [3.63, 3.8) is 0 Å². The van der Waals surface area contributed by atoms with E-state index in [1.807, 2.05) is 0 Å². The van der Waals surface area contributed by atoms with Gasteiger partial charge in [-0.1, -0.05) is 375 Å². The number of carbonyl (C=O) groups excluding carboxylic acids is 4. The lowest BCUT2D eigenvalue weighted by Crippen LogP contribution is -2.30. The highest BCUT2D eigenvalue weighted by Crippen LogP contribution is 2.45. The Kier molecular flexibility index (Phi) is 71.2. The minimum Gasteiger partial charge on any atom is -0.462 e. The number of phosphoric ester groups is 2. The molecule has 0 aromatic carbocycles. The number of carbonyl (C=O) groups is 4. The van der Waals surface area contributed by atoms with E-state index in [9.17, 15) is 43.2 Å². The molecule has 0 aliphatic rings. The number of aliphatic hydroxyl groups is 1. The summed E-state index contributed by atoms with van der Waals surface area (Å²) in [4.78, 5) is 72.8. The van der Waals surface area contributed by atoms with Crippen LogP contribution in [-0.2, 0) is 65.4 Å². The molecule has 0 rings (SSSR count). The molecule has 0 aliphatic carbocycles. The molecular weight excluding hydrogens is 1310 g/mol. The lowest BCUT2D eigenvalue weighted by Gasteiger charge is -2.21. The van der Waals surface area contributed by atoms with Crippen molar-refractivity contribution in [3.05, 3.63) is 0 Å². The van der Waals surface area contributed by atoms with Gasteiger partial charge < -0.3 is 33.8 Å². The highest BCUT2D eigenvalue weighted by molar-refractivity contribution is 7.47. The monoisotopic (exact) mass is 1470 g/mol. The number of phosphoric acid groups is 2. The van der Waals surface area contributed by atoms with Gasteiger partial charge in [0.05, 0.1) is 26.4 Å². The molecule has 0 radical (unpaired) electrons. The van der Waals surface area contributed by atoms with Crippen molar-refractivity contribution >= 4 is 39.5 Å². The summed E-state index contributed by atoms with van der Waals surface area (Å²) in [6.45, 7) is 9.65. The Labute approximate surface area is 613 Å². The normalized spacial score (nSPS) is 13.9. The van der Waals surface area contributed by atoms with Gasteiger partial charge in [-0.25, -0.2) is 9.13 Å². The fourth-order valence-corrected chi connectivity index (χ4v) is 14.1. The van der Waals surface area contributed by atoms with Crippen molar-refractivity contribution in [2.45, 2.75) is 445 Å². The first-order valence-electron chi connectivity index (χ1n) is 42.0. The third-order valence-electron chi connectivity index (χ3n) is 19.0. The number of rotatable bonds is 80. The van der Waals surface area contributed by atoms with Crippen LogP contribution in [0.15, 0.2) is 0 Å². The second kappa shape index (κ2) is 72.6. The summed E-state index contributed by atoms with van der Waals surface area (Å²) in [5.41, 5.74) is 0. The van der Waals surface area contributed by atoms with E-state index in [2.05, 4.69) is 41.5 Å². The third-order valence-corrected chi connectivity index (χ3v) is 20.9. The van der Waals surface area contributed by atoms with Crippen molar-refractivity contribution in [3.8, 4) is 0 Å². The molecule has 0 aliphatic heterocycles. The van der Waals surface area contributed by atoms with E-state index in [4.69, 9.17) is 37.0 Å². The molecule has 0 fully saturated rings. The highest BCUT2D eigenvalue weighted by Gasteiger charge is 2.30. The number of esters is 4. The van der Waals surface area contributed by atoms with Crippen LogP contribution >= 0.6 is 15.6 Å². The van der Waals surface area contributed by atoms with Gasteiger partial charge in [-0.3, -0.25) is 37.3 Å². The average Bonchev–Trinajstić information content (AvgIpc) is 0.967. The topological polar surface area (TPSA) is 237 Å². The molecule has 0 heterocycles. The summed E-state index contributed by atoms with van der Waals surface area (Å²) in [5.74, 6) is -0.471. The number of unbranched alkanes of at least 4 members (excludes halogenated alkanes) is 50. The van der Waals surface area contributed by atoms with Crippen LogP contribution in [0.4, 0.5) is 0 Å². The zero-order chi connectivity index (χ0) is 73.5. The van der Waals surface area contributed by atoms with E-state index < -0.39 is 97.5 Å². The molecule has 0 amide bonds. The van der Waals surface area contributed by atoms with Crippen LogP contribution in [0.2, 0.25) is 0 Å². The molecule has 0 saturated carbocycles. The zero-order valence-corrected chi connectivity index (χ0v) is 67.3. The summed E-state index contributed by atoms with van der Waals surface area (Å²) in [7, 11) is -9.91. The predicted octanol–water partition coefficient (Wildman–Crippen LogP) is 24.3. The minimum absolute atomic E-state index is 0.107. The Bertz CT molecular complexity index is 1920. The Morgan fingerprint density at radius 2 is 0.460 bits per heavy atom.